The largest absolute Gasteiger partial charge is 0.480 e. The van der Waals surface area contributed by atoms with E-state index in [1.54, 1.807) is 36.2 Å². The first-order valence-electron chi connectivity index (χ1n) is 6.93. The molecule has 1 aromatic rings. The maximum Gasteiger partial charge on any atom is 0.325 e. The van der Waals surface area contributed by atoms with Crippen molar-refractivity contribution in [2.45, 2.75) is 25.5 Å². The van der Waals surface area contributed by atoms with Crippen LogP contribution in [0.1, 0.15) is 13.3 Å². The molecule has 0 aromatic heterocycles. The van der Waals surface area contributed by atoms with E-state index in [0.29, 0.717) is 12.3 Å². The smallest absolute Gasteiger partial charge is 0.325 e. The molecule has 2 unspecified atom stereocenters. The van der Waals surface area contributed by atoms with E-state index >= 15 is 0 Å². The maximum absolute atomic E-state index is 12.6. The Kier molecular flexibility index (Phi) is 4.80. The highest BCUT2D eigenvalue weighted by molar-refractivity contribution is 5.96. The van der Waals surface area contributed by atoms with E-state index in [0.717, 1.165) is 6.42 Å². The summed E-state index contributed by atoms with van der Waals surface area (Å²) in [4.78, 5) is 26.6. The van der Waals surface area contributed by atoms with Gasteiger partial charge in [0.05, 0.1) is 12.1 Å². The molecule has 0 radical (unpaired) electrons. The SMILES string of the molecule is CC1OCCC1N(C)C(=O)N(CC(=O)O)c1ccccc1. The quantitative estimate of drug-likeness (QED) is 0.918. The zero-order valence-corrected chi connectivity index (χ0v) is 12.2. The highest BCUT2D eigenvalue weighted by Crippen LogP contribution is 2.22. The van der Waals surface area contributed by atoms with E-state index in [-0.39, 0.29) is 24.7 Å². The molecule has 1 fully saturated rings. The Hall–Kier alpha value is -2.08. The number of nitrogens with zero attached hydrogens (tertiary/aromatic N) is 2. The fourth-order valence-electron chi connectivity index (χ4n) is 2.57. The van der Waals surface area contributed by atoms with Gasteiger partial charge in [0, 0.05) is 19.3 Å². The number of carbonyl (C=O) groups excluding carboxylic acids is 1. The molecule has 0 spiro atoms. The lowest BCUT2D eigenvalue weighted by Crippen LogP contribution is -2.49. The molecule has 1 heterocycles. The highest BCUT2D eigenvalue weighted by atomic mass is 16.5. The lowest BCUT2D eigenvalue weighted by atomic mass is 10.1. The molecule has 0 aliphatic carbocycles. The third kappa shape index (κ3) is 3.52. The van der Waals surface area contributed by atoms with Crippen LogP contribution in [-0.4, -0.2) is 54.4 Å². The summed E-state index contributed by atoms with van der Waals surface area (Å²) in [5.41, 5.74) is 0.573. The van der Waals surface area contributed by atoms with Crippen LogP contribution in [0.15, 0.2) is 30.3 Å². The number of carboxylic acid groups (broad SMARTS) is 1. The third-order valence-electron chi connectivity index (χ3n) is 3.73. The summed E-state index contributed by atoms with van der Waals surface area (Å²) in [5.74, 6) is -1.05. The van der Waals surface area contributed by atoms with Crippen LogP contribution in [0.4, 0.5) is 10.5 Å². The van der Waals surface area contributed by atoms with Crippen molar-refractivity contribution < 1.29 is 19.4 Å². The molecule has 21 heavy (non-hydrogen) atoms. The maximum atomic E-state index is 12.6. The van der Waals surface area contributed by atoms with Crippen LogP contribution >= 0.6 is 0 Å². The van der Waals surface area contributed by atoms with Crippen molar-refractivity contribution in [2.24, 2.45) is 0 Å². The Morgan fingerprint density at radius 2 is 2.00 bits per heavy atom. The number of carboxylic acids is 1. The average molecular weight is 292 g/mol. The Morgan fingerprint density at radius 3 is 2.52 bits per heavy atom. The van der Waals surface area contributed by atoms with Crippen molar-refractivity contribution in [3.63, 3.8) is 0 Å². The van der Waals surface area contributed by atoms with E-state index in [1.165, 1.54) is 4.90 Å². The Balaban J connectivity index is 2.20. The third-order valence-corrected chi connectivity index (χ3v) is 3.73. The van der Waals surface area contributed by atoms with E-state index in [1.807, 2.05) is 13.0 Å². The van der Waals surface area contributed by atoms with Crippen molar-refractivity contribution in [1.29, 1.82) is 0 Å². The molecule has 1 aliphatic heterocycles. The molecule has 1 aliphatic rings. The van der Waals surface area contributed by atoms with Crippen LogP contribution < -0.4 is 4.90 Å². The number of urea groups is 1. The Morgan fingerprint density at radius 1 is 1.33 bits per heavy atom. The molecule has 2 rings (SSSR count). The van der Waals surface area contributed by atoms with E-state index < -0.39 is 5.97 Å². The average Bonchev–Trinajstić information content (AvgIpc) is 2.90. The van der Waals surface area contributed by atoms with Gasteiger partial charge in [0.1, 0.15) is 6.54 Å². The zero-order chi connectivity index (χ0) is 15.4. The second kappa shape index (κ2) is 6.58. The molecule has 0 bridgehead atoms. The lowest BCUT2D eigenvalue weighted by Gasteiger charge is -2.32. The molecule has 1 N–H and O–H groups in total. The first-order chi connectivity index (χ1) is 10.0. The number of hydrogen-bond donors (Lipinski definition) is 1. The number of carbonyl (C=O) groups is 2. The number of amides is 2. The van der Waals surface area contributed by atoms with Crippen LogP contribution in [0, 0.1) is 0 Å². The number of para-hydroxylation sites is 1. The van der Waals surface area contributed by atoms with E-state index in [2.05, 4.69) is 0 Å². The van der Waals surface area contributed by atoms with Crippen molar-refractivity contribution in [1.82, 2.24) is 4.90 Å². The molecular weight excluding hydrogens is 272 g/mol. The minimum atomic E-state index is -1.05. The first kappa shape index (κ1) is 15.3. The minimum absolute atomic E-state index is 0.0301. The molecule has 6 nitrogen and oxygen atoms in total. The van der Waals surface area contributed by atoms with Crippen LogP contribution in [0.5, 0.6) is 0 Å². The first-order valence-corrected chi connectivity index (χ1v) is 6.93. The molecular formula is C15H20N2O4. The molecule has 6 heteroatoms. The van der Waals surface area contributed by atoms with Crippen LogP contribution in [0.25, 0.3) is 0 Å². The minimum Gasteiger partial charge on any atom is -0.480 e. The van der Waals surface area contributed by atoms with E-state index in [4.69, 9.17) is 9.84 Å². The second-order valence-electron chi connectivity index (χ2n) is 5.14. The van der Waals surface area contributed by atoms with Crippen LogP contribution in [-0.2, 0) is 9.53 Å². The van der Waals surface area contributed by atoms with Gasteiger partial charge in [-0.1, -0.05) is 18.2 Å². The fraction of sp³-hybridized carbons (Fsp3) is 0.467. The number of aliphatic carboxylic acids is 1. The van der Waals surface area contributed by atoms with Crippen molar-refractivity contribution in [2.75, 3.05) is 25.1 Å². The molecule has 2 amide bonds. The summed E-state index contributed by atoms with van der Waals surface area (Å²) < 4.78 is 5.47. The van der Waals surface area contributed by atoms with Crippen molar-refractivity contribution in [3.05, 3.63) is 30.3 Å². The second-order valence-corrected chi connectivity index (χ2v) is 5.14. The fourth-order valence-corrected chi connectivity index (χ4v) is 2.57. The van der Waals surface area contributed by atoms with Crippen LogP contribution in [0.3, 0.4) is 0 Å². The number of benzene rings is 1. The van der Waals surface area contributed by atoms with Gasteiger partial charge in [-0.3, -0.25) is 9.69 Å². The van der Waals surface area contributed by atoms with Gasteiger partial charge < -0.3 is 14.7 Å². The molecule has 2 atom stereocenters. The Bertz CT molecular complexity index is 506. The van der Waals surface area contributed by atoms with Gasteiger partial charge in [0.2, 0.25) is 0 Å². The highest BCUT2D eigenvalue weighted by Gasteiger charge is 2.33. The van der Waals surface area contributed by atoms with Gasteiger partial charge >= 0.3 is 12.0 Å². The summed E-state index contributed by atoms with van der Waals surface area (Å²) in [6.07, 6.45) is 0.723. The summed E-state index contributed by atoms with van der Waals surface area (Å²) >= 11 is 0. The molecule has 0 saturated carbocycles. The lowest BCUT2D eigenvalue weighted by molar-refractivity contribution is -0.135. The number of rotatable bonds is 4. The van der Waals surface area contributed by atoms with Gasteiger partial charge in [-0.25, -0.2) is 4.79 Å². The monoisotopic (exact) mass is 292 g/mol. The predicted molar refractivity (Wildman–Crippen MR) is 78.4 cm³/mol. The number of hydrogen-bond acceptors (Lipinski definition) is 3. The predicted octanol–water partition coefficient (Wildman–Crippen LogP) is 1.81. The summed E-state index contributed by atoms with van der Waals surface area (Å²) in [6, 6.07) is 8.47. The Labute approximate surface area is 123 Å². The number of anilines is 1. The number of ether oxygens (including phenoxy) is 1. The molecule has 1 aromatic carbocycles. The van der Waals surface area contributed by atoms with Gasteiger partial charge in [-0.2, -0.15) is 0 Å². The summed E-state index contributed by atoms with van der Waals surface area (Å²) in [6.45, 7) is 2.17. The standard InChI is InChI=1S/C15H20N2O4/c1-11-13(8-9-21-11)16(2)15(20)17(10-14(18)19)12-6-4-3-5-7-12/h3-7,11,13H,8-10H2,1-2H3,(H,18,19). The van der Waals surface area contributed by atoms with Crippen molar-refractivity contribution in [3.8, 4) is 0 Å². The van der Waals surface area contributed by atoms with E-state index in [9.17, 15) is 9.59 Å². The molecule has 1 saturated heterocycles. The van der Waals surface area contributed by atoms with Gasteiger partial charge in [0.25, 0.3) is 0 Å². The number of likely N-dealkylation sites (N-methyl/N-ethyl adjacent to an activating group) is 1. The van der Waals surface area contributed by atoms with Gasteiger partial charge in [0.15, 0.2) is 0 Å². The molecule has 114 valence electrons. The van der Waals surface area contributed by atoms with Crippen molar-refractivity contribution >= 4 is 17.7 Å². The summed E-state index contributed by atoms with van der Waals surface area (Å²) in [7, 11) is 1.69. The topological polar surface area (TPSA) is 70.1 Å². The normalized spacial score (nSPS) is 21.0. The zero-order valence-electron chi connectivity index (χ0n) is 12.2. The van der Waals surface area contributed by atoms with Crippen LogP contribution in [0.2, 0.25) is 0 Å². The summed E-state index contributed by atoms with van der Waals surface area (Å²) in [5, 5.41) is 9.06. The van der Waals surface area contributed by atoms with Gasteiger partial charge in [-0.15, -0.1) is 0 Å². The van der Waals surface area contributed by atoms with Gasteiger partial charge in [-0.05, 0) is 25.5 Å².